The van der Waals surface area contributed by atoms with Crippen LogP contribution in [0.5, 0.6) is 0 Å². The number of rotatable bonds is 6. The van der Waals surface area contributed by atoms with E-state index in [1.165, 1.54) is 11.3 Å². The van der Waals surface area contributed by atoms with Gasteiger partial charge in [0.05, 0.1) is 6.54 Å². The number of amides is 1. The molecule has 0 bridgehead atoms. The lowest BCUT2D eigenvalue weighted by Gasteiger charge is -2.22. The fourth-order valence-corrected chi connectivity index (χ4v) is 2.72. The third-order valence-electron chi connectivity index (χ3n) is 3.17. The first-order valence-electron chi connectivity index (χ1n) is 6.65. The van der Waals surface area contributed by atoms with Crippen LogP contribution in [0.25, 0.3) is 0 Å². The Hall–Kier alpha value is -1.65. The monoisotopic (exact) mass is 289 g/mol. The smallest absolute Gasteiger partial charge is 0.220 e. The Balaban J connectivity index is 1.78. The van der Waals surface area contributed by atoms with Gasteiger partial charge in [0, 0.05) is 11.3 Å². The van der Waals surface area contributed by atoms with Gasteiger partial charge >= 0.3 is 0 Å². The quantitative estimate of drug-likeness (QED) is 0.859. The maximum atomic E-state index is 11.8. The van der Waals surface area contributed by atoms with Crippen molar-refractivity contribution in [3.63, 3.8) is 0 Å². The third-order valence-corrected chi connectivity index (χ3v) is 4.29. The highest BCUT2D eigenvalue weighted by atomic mass is 32.1. The van der Waals surface area contributed by atoms with E-state index in [1.54, 1.807) is 6.92 Å². The zero-order valence-electron chi connectivity index (χ0n) is 11.5. The lowest BCUT2D eigenvalue weighted by Crippen LogP contribution is -2.38. The van der Waals surface area contributed by atoms with Crippen LogP contribution in [-0.4, -0.2) is 17.6 Å². The number of carbonyl (C=O) groups is 1. The summed E-state index contributed by atoms with van der Waals surface area (Å²) in [6.07, 6.45) is 1.15. The van der Waals surface area contributed by atoms with E-state index in [2.05, 4.69) is 5.32 Å². The molecule has 1 heterocycles. The number of hydrogen-bond donors (Lipinski definition) is 2. The van der Waals surface area contributed by atoms with Gasteiger partial charge in [0.25, 0.3) is 0 Å². The lowest BCUT2D eigenvalue weighted by molar-refractivity contribution is -0.122. The van der Waals surface area contributed by atoms with Gasteiger partial charge in [-0.3, -0.25) is 4.79 Å². The molecule has 0 aliphatic carbocycles. The largest absolute Gasteiger partial charge is 0.383 e. The molecule has 1 atom stereocenters. The van der Waals surface area contributed by atoms with Gasteiger partial charge in [0.1, 0.15) is 5.60 Å². The van der Waals surface area contributed by atoms with Gasteiger partial charge in [0.2, 0.25) is 5.91 Å². The second-order valence-electron chi connectivity index (χ2n) is 5.01. The van der Waals surface area contributed by atoms with Gasteiger partial charge in [-0.25, -0.2) is 0 Å². The Labute approximate surface area is 123 Å². The molecule has 20 heavy (non-hydrogen) atoms. The van der Waals surface area contributed by atoms with Crippen LogP contribution in [0.3, 0.4) is 0 Å². The molecule has 0 aliphatic heterocycles. The van der Waals surface area contributed by atoms with E-state index >= 15 is 0 Å². The molecular weight excluding hydrogens is 270 g/mol. The molecule has 1 unspecified atom stereocenters. The van der Waals surface area contributed by atoms with Crippen LogP contribution in [0.15, 0.2) is 47.8 Å². The summed E-state index contributed by atoms with van der Waals surface area (Å²) in [5, 5.41) is 15.0. The van der Waals surface area contributed by atoms with E-state index in [1.807, 2.05) is 47.8 Å². The van der Waals surface area contributed by atoms with E-state index < -0.39 is 5.60 Å². The molecule has 0 fully saturated rings. The summed E-state index contributed by atoms with van der Waals surface area (Å²) in [4.78, 5) is 12.7. The maximum Gasteiger partial charge on any atom is 0.220 e. The van der Waals surface area contributed by atoms with Crippen molar-refractivity contribution in [3.05, 3.63) is 58.3 Å². The fourth-order valence-electron chi connectivity index (χ4n) is 1.93. The highest BCUT2D eigenvalue weighted by Gasteiger charge is 2.24. The molecular formula is C16H19NO2S. The van der Waals surface area contributed by atoms with Crippen molar-refractivity contribution >= 4 is 17.2 Å². The molecule has 0 spiro atoms. The van der Waals surface area contributed by atoms with Crippen molar-refractivity contribution in [2.24, 2.45) is 0 Å². The zero-order valence-corrected chi connectivity index (χ0v) is 12.3. The van der Waals surface area contributed by atoms with Crippen LogP contribution < -0.4 is 5.32 Å². The Morgan fingerprint density at radius 1 is 1.25 bits per heavy atom. The Bertz CT molecular complexity index is 535. The van der Waals surface area contributed by atoms with Gasteiger partial charge in [-0.1, -0.05) is 36.4 Å². The average Bonchev–Trinajstić information content (AvgIpc) is 2.99. The summed E-state index contributed by atoms with van der Waals surface area (Å²) in [7, 11) is 0. The number of aryl methyl sites for hydroxylation is 1. The van der Waals surface area contributed by atoms with Crippen LogP contribution >= 0.6 is 11.3 Å². The number of nitrogens with one attached hydrogen (secondary N) is 1. The third kappa shape index (κ3) is 4.18. The predicted molar refractivity (Wildman–Crippen MR) is 81.7 cm³/mol. The summed E-state index contributed by atoms with van der Waals surface area (Å²) in [6, 6.07) is 13.7. The molecule has 1 amide bonds. The van der Waals surface area contributed by atoms with Gasteiger partial charge in [-0.15, -0.1) is 11.3 Å². The summed E-state index contributed by atoms with van der Waals surface area (Å²) in [5.74, 6) is -0.0364. The zero-order chi connectivity index (χ0) is 14.4. The maximum absolute atomic E-state index is 11.8. The van der Waals surface area contributed by atoms with Crippen LogP contribution in [0.1, 0.15) is 23.8 Å². The first-order chi connectivity index (χ1) is 9.58. The normalized spacial score (nSPS) is 13.7. The molecule has 2 aromatic rings. The van der Waals surface area contributed by atoms with Gasteiger partial charge in [-0.2, -0.15) is 0 Å². The number of aliphatic hydroxyl groups is 1. The van der Waals surface area contributed by atoms with Crippen molar-refractivity contribution < 1.29 is 9.90 Å². The van der Waals surface area contributed by atoms with Gasteiger partial charge < -0.3 is 10.4 Å². The van der Waals surface area contributed by atoms with E-state index in [0.29, 0.717) is 12.8 Å². The predicted octanol–water partition coefficient (Wildman–Crippen LogP) is 2.70. The summed E-state index contributed by atoms with van der Waals surface area (Å²) in [6.45, 7) is 1.96. The minimum Gasteiger partial charge on any atom is -0.383 e. The molecule has 0 aliphatic rings. The minimum absolute atomic E-state index is 0.0364. The molecule has 0 radical (unpaired) electrons. The molecule has 0 saturated heterocycles. The standard InChI is InChI=1S/C16H19NO2S/c1-16(19,14-8-5-11-20-14)12-17-15(18)10-9-13-6-3-2-4-7-13/h2-8,11,19H,9-10,12H2,1H3,(H,17,18). The summed E-state index contributed by atoms with van der Waals surface area (Å²) >= 11 is 1.49. The van der Waals surface area contributed by atoms with E-state index in [-0.39, 0.29) is 12.5 Å². The topological polar surface area (TPSA) is 49.3 Å². The molecule has 2 N–H and O–H groups in total. The van der Waals surface area contributed by atoms with Crippen LogP contribution in [0.4, 0.5) is 0 Å². The number of carbonyl (C=O) groups excluding carboxylic acids is 1. The first-order valence-corrected chi connectivity index (χ1v) is 7.53. The SMILES string of the molecule is CC(O)(CNC(=O)CCc1ccccc1)c1cccs1. The van der Waals surface area contributed by atoms with Crippen LogP contribution in [0.2, 0.25) is 0 Å². The second kappa shape index (κ2) is 6.68. The van der Waals surface area contributed by atoms with Crippen molar-refractivity contribution in [1.29, 1.82) is 0 Å². The minimum atomic E-state index is -1.00. The van der Waals surface area contributed by atoms with Crippen LogP contribution in [0, 0.1) is 0 Å². The Kier molecular flexibility index (Phi) is 4.93. The highest BCUT2D eigenvalue weighted by molar-refractivity contribution is 7.10. The molecule has 106 valence electrons. The van der Waals surface area contributed by atoms with Crippen LogP contribution in [-0.2, 0) is 16.8 Å². The van der Waals surface area contributed by atoms with E-state index in [4.69, 9.17) is 0 Å². The van der Waals surface area contributed by atoms with Gasteiger partial charge in [0.15, 0.2) is 0 Å². The van der Waals surface area contributed by atoms with E-state index in [9.17, 15) is 9.90 Å². The molecule has 0 saturated carbocycles. The number of thiophene rings is 1. The number of benzene rings is 1. The summed E-state index contributed by atoms with van der Waals surface area (Å²) < 4.78 is 0. The van der Waals surface area contributed by atoms with Crippen molar-refractivity contribution in [2.75, 3.05) is 6.54 Å². The number of hydrogen-bond acceptors (Lipinski definition) is 3. The molecule has 2 rings (SSSR count). The molecule has 3 nitrogen and oxygen atoms in total. The first kappa shape index (κ1) is 14.8. The average molecular weight is 289 g/mol. The van der Waals surface area contributed by atoms with E-state index in [0.717, 1.165) is 10.4 Å². The lowest BCUT2D eigenvalue weighted by atomic mass is 10.0. The van der Waals surface area contributed by atoms with Gasteiger partial charge in [-0.05, 0) is 30.4 Å². The highest BCUT2D eigenvalue weighted by Crippen LogP contribution is 2.24. The summed E-state index contributed by atoms with van der Waals surface area (Å²) in [5.41, 5.74) is 0.143. The van der Waals surface area contributed by atoms with Crippen molar-refractivity contribution in [2.45, 2.75) is 25.4 Å². The fraction of sp³-hybridized carbons (Fsp3) is 0.312. The molecule has 1 aromatic carbocycles. The van der Waals surface area contributed by atoms with Crippen molar-refractivity contribution in [3.8, 4) is 0 Å². The molecule has 1 aromatic heterocycles. The second-order valence-corrected chi connectivity index (χ2v) is 5.96. The Morgan fingerprint density at radius 3 is 2.65 bits per heavy atom. The Morgan fingerprint density at radius 2 is 2.00 bits per heavy atom. The molecule has 4 heteroatoms. The van der Waals surface area contributed by atoms with Crippen molar-refractivity contribution in [1.82, 2.24) is 5.32 Å².